The van der Waals surface area contributed by atoms with Gasteiger partial charge in [0, 0.05) is 17.9 Å². The highest BCUT2D eigenvalue weighted by Gasteiger charge is 2.33. The predicted molar refractivity (Wildman–Crippen MR) is 86.7 cm³/mol. The Bertz CT molecular complexity index is 590. The average Bonchev–Trinajstić information content (AvgIpc) is 2.51. The molecule has 0 unspecified atom stereocenters. The van der Waals surface area contributed by atoms with Crippen LogP contribution in [-0.2, 0) is 14.4 Å². The Hall–Kier alpha value is -2.22. The van der Waals surface area contributed by atoms with Gasteiger partial charge in [0.1, 0.15) is 11.8 Å². The molecule has 124 valence electrons. The van der Waals surface area contributed by atoms with Crippen LogP contribution < -0.4 is 15.4 Å². The van der Waals surface area contributed by atoms with E-state index in [2.05, 4.69) is 10.6 Å². The number of carboxylic acid groups (broad SMARTS) is 1. The van der Waals surface area contributed by atoms with Crippen LogP contribution in [-0.4, -0.2) is 46.5 Å². The Balaban J connectivity index is 1.85. The molecule has 7 nitrogen and oxygen atoms in total. The normalized spacial score (nSPS) is 20.5. The first-order chi connectivity index (χ1) is 11.0. The Morgan fingerprint density at radius 1 is 1.39 bits per heavy atom. The number of amides is 2. The SMILES string of the molecule is CCOc1ccc(NC(=O)C[C@H]2SC[C@H](C(=O)O)NC2=O)cc1. The van der Waals surface area contributed by atoms with Crippen LogP contribution in [0.15, 0.2) is 24.3 Å². The zero-order chi connectivity index (χ0) is 16.8. The van der Waals surface area contributed by atoms with Gasteiger partial charge in [-0.1, -0.05) is 0 Å². The van der Waals surface area contributed by atoms with E-state index in [1.54, 1.807) is 24.3 Å². The van der Waals surface area contributed by atoms with Gasteiger partial charge in [0.25, 0.3) is 0 Å². The van der Waals surface area contributed by atoms with Crippen molar-refractivity contribution in [3.05, 3.63) is 24.3 Å². The first-order valence-corrected chi connectivity index (χ1v) is 8.22. The van der Waals surface area contributed by atoms with Crippen LogP contribution in [0.1, 0.15) is 13.3 Å². The number of hydrogen-bond donors (Lipinski definition) is 3. The lowest BCUT2D eigenvalue weighted by Crippen LogP contribution is -2.51. The molecule has 2 rings (SSSR count). The van der Waals surface area contributed by atoms with Gasteiger partial charge in [0.15, 0.2) is 0 Å². The van der Waals surface area contributed by atoms with Crippen LogP contribution in [0.3, 0.4) is 0 Å². The molecule has 1 heterocycles. The van der Waals surface area contributed by atoms with Crippen LogP contribution in [0.25, 0.3) is 0 Å². The molecular formula is C15H18N2O5S. The van der Waals surface area contributed by atoms with Crippen molar-refractivity contribution in [2.75, 3.05) is 17.7 Å². The Morgan fingerprint density at radius 2 is 2.09 bits per heavy atom. The summed E-state index contributed by atoms with van der Waals surface area (Å²) in [5, 5.41) is 13.4. The zero-order valence-electron chi connectivity index (χ0n) is 12.6. The number of rotatable bonds is 6. The lowest BCUT2D eigenvalue weighted by Gasteiger charge is -2.25. The molecule has 2 amide bonds. The molecule has 0 radical (unpaired) electrons. The van der Waals surface area contributed by atoms with Crippen molar-refractivity contribution < 1.29 is 24.2 Å². The van der Waals surface area contributed by atoms with Crippen molar-refractivity contribution in [2.24, 2.45) is 0 Å². The van der Waals surface area contributed by atoms with Crippen molar-refractivity contribution in [3.8, 4) is 5.75 Å². The van der Waals surface area contributed by atoms with Gasteiger partial charge >= 0.3 is 5.97 Å². The van der Waals surface area contributed by atoms with Gasteiger partial charge in [-0.15, -0.1) is 11.8 Å². The fourth-order valence-corrected chi connectivity index (χ4v) is 3.20. The number of benzene rings is 1. The Labute approximate surface area is 137 Å². The standard InChI is InChI=1S/C15H18N2O5S/c1-2-22-10-5-3-9(4-6-10)16-13(18)7-12-14(19)17-11(8-23-12)15(20)21/h3-6,11-12H,2,7-8H2,1H3,(H,16,18)(H,17,19)(H,20,21)/t11-,12-/m1/s1. The quantitative estimate of drug-likeness (QED) is 0.717. The van der Waals surface area contributed by atoms with E-state index in [-0.39, 0.29) is 18.1 Å². The highest BCUT2D eigenvalue weighted by molar-refractivity contribution is 8.00. The first-order valence-electron chi connectivity index (χ1n) is 7.17. The third-order valence-corrected chi connectivity index (χ3v) is 4.50. The molecule has 0 aliphatic carbocycles. The number of carbonyl (C=O) groups is 3. The summed E-state index contributed by atoms with van der Waals surface area (Å²) in [7, 11) is 0. The molecule has 8 heteroatoms. The second kappa shape index (κ2) is 7.87. The minimum absolute atomic E-state index is 0.00392. The second-order valence-electron chi connectivity index (χ2n) is 4.93. The summed E-state index contributed by atoms with van der Waals surface area (Å²) in [5.41, 5.74) is 0.614. The Morgan fingerprint density at radius 3 is 2.65 bits per heavy atom. The number of hydrogen-bond acceptors (Lipinski definition) is 5. The first kappa shape index (κ1) is 17.1. The fourth-order valence-electron chi connectivity index (χ4n) is 2.06. The molecule has 3 N–H and O–H groups in total. The highest BCUT2D eigenvalue weighted by Crippen LogP contribution is 2.22. The van der Waals surface area contributed by atoms with Crippen molar-refractivity contribution in [1.29, 1.82) is 0 Å². The number of ether oxygens (including phenoxy) is 1. The molecule has 1 fully saturated rings. The van der Waals surface area contributed by atoms with E-state index < -0.39 is 23.2 Å². The van der Waals surface area contributed by atoms with E-state index in [0.717, 1.165) is 0 Å². The number of thioether (sulfide) groups is 1. The summed E-state index contributed by atoms with van der Waals surface area (Å²) in [6, 6.07) is 6.05. The van der Waals surface area contributed by atoms with Gasteiger partial charge in [-0.3, -0.25) is 9.59 Å². The summed E-state index contributed by atoms with van der Waals surface area (Å²) >= 11 is 1.18. The van der Waals surface area contributed by atoms with Gasteiger partial charge in [0.2, 0.25) is 11.8 Å². The topological polar surface area (TPSA) is 105 Å². The maximum atomic E-state index is 12.0. The molecule has 2 atom stereocenters. The highest BCUT2D eigenvalue weighted by atomic mass is 32.2. The third-order valence-electron chi connectivity index (χ3n) is 3.19. The van der Waals surface area contributed by atoms with E-state index in [4.69, 9.17) is 9.84 Å². The minimum Gasteiger partial charge on any atom is -0.494 e. The van der Waals surface area contributed by atoms with Crippen molar-refractivity contribution in [1.82, 2.24) is 5.32 Å². The third kappa shape index (κ3) is 4.88. The summed E-state index contributed by atoms with van der Waals surface area (Å²) in [6.45, 7) is 2.45. The smallest absolute Gasteiger partial charge is 0.327 e. The molecular weight excluding hydrogens is 320 g/mol. The number of anilines is 1. The molecule has 0 saturated carbocycles. The molecule has 23 heavy (non-hydrogen) atoms. The van der Waals surface area contributed by atoms with E-state index in [1.807, 2.05) is 6.92 Å². The van der Waals surface area contributed by atoms with Gasteiger partial charge in [-0.25, -0.2) is 4.79 Å². The van der Waals surface area contributed by atoms with E-state index in [1.165, 1.54) is 11.8 Å². The van der Waals surface area contributed by atoms with Crippen molar-refractivity contribution in [2.45, 2.75) is 24.6 Å². The monoisotopic (exact) mass is 338 g/mol. The largest absolute Gasteiger partial charge is 0.494 e. The van der Waals surface area contributed by atoms with E-state index in [9.17, 15) is 14.4 Å². The molecule has 1 aromatic rings. The molecule has 0 aromatic heterocycles. The molecule has 0 spiro atoms. The second-order valence-corrected chi connectivity index (χ2v) is 6.17. The Kier molecular flexibility index (Phi) is 5.86. The van der Waals surface area contributed by atoms with Gasteiger partial charge in [-0.2, -0.15) is 0 Å². The number of aliphatic carboxylic acids is 1. The number of nitrogens with one attached hydrogen (secondary N) is 2. The number of carboxylic acids is 1. The van der Waals surface area contributed by atoms with E-state index in [0.29, 0.717) is 18.0 Å². The average molecular weight is 338 g/mol. The van der Waals surface area contributed by atoms with Crippen LogP contribution in [0.4, 0.5) is 5.69 Å². The van der Waals surface area contributed by atoms with Gasteiger partial charge < -0.3 is 20.5 Å². The summed E-state index contributed by atoms with van der Waals surface area (Å²) in [5.74, 6) is -0.816. The summed E-state index contributed by atoms with van der Waals surface area (Å²) < 4.78 is 5.31. The lowest BCUT2D eigenvalue weighted by molar-refractivity contribution is -0.141. The predicted octanol–water partition coefficient (Wildman–Crippen LogP) is 1.10. The van der Waals surface area contributed by atoms with Crippen LogP contribution in [0.2, 0.25) is 0 Å². The molecule has 1 aromatic carbocycles. The van der Waals surface area contributed by atoms with Gasteiger partial charge in [0.05, 0.1) is 11.9 Å². The zero-order valence-corrected chi connectivity index (χ0v) is 13.4. The number of carbonyl (C=O) groups excluding carboxylic acids is 2. The molecule has 1 aliphatic heterocycles. The molecule has 1 aliphatic rings. The van der Waals surface area contributed by atoms with Crippen LogP contribution in [0.5, 0.6) is 5.75 Å². The minimum atomic E-state index is -1.07. The van der Waals surface area contributed by atoms with Gasteiger partial charge in [-0.05, 0) is 31.2 Å². The van der Waals surface area contributed by atoms with E-state index >= 15 is 0 Å². The maximum Gasteiger partial charge on any atom is 0.327 e. The van der Waals surface area contributed by atoms with Crippen molar-refractivity contribution >= 4 is 35.2 Å². The summed E-state index contributed by atoms with van der Waals surface area (Å²) in [4.78, 5) is 34.6. The fraction of sp³-hybridized carbons (Fsp3) is 0.400. The van der Waals surface area contributed by atoms with Crippen LogP contribution >= 0.6 is 11.8 Å². The lowest BCUT2D eigenvalue weighted by atomic mass is 10.2. The molecule has 1 saturated heterocycles. The van der Waals surface area contributed by atoms with Crippen molar-refractivity contribution in [3.63, 3.8) is 0 Å². The molecule has 0 bridgehead atoms. The summed E-state index contributed by atoms with van der Waals surface area (Å²) in [6.07, 6.45) is -0.00392. The maximum absolute atomic E-state index is 12.0. The van der Waals surface area contributed by atoms with Crippen LogP contribution in [0, 0.1) is 0 Å².